The third-order valence-electron chi connectivity index (χ3n) is 4.71. The van der Waals surface area contributed by atoms with E-state index in [4.69, 9.17) is 4.74 Å². The monoisotopic (exact) mass is 420 g/mol. The molecular weight excluding hydrogens is 396 g/mol. The summed E-state index contributed by atoms with van der Waals surface area (Å²) in [7, 11) is -2.04. The number of carbonyl (C=O) groups excluding carboxylic acids is 1. The first kappa shape index (κ1) is 20.7. The Morgan fingerprint density at radius 3 is 2.36 bits per heavy atom. The number of rotatable bonds is 6. The predicted octanol–water partition coefficient (Wildman–Crippen LogP) is 2.70. The average Bonchev–Trinajstić information content (AvgIpc) is 2.74. The van der Waals surface area contributed by atoms with Crippen LogP contribution in [-0.2, 0) is 15.8 Å². The second-order valence-electron chi connectivity index (χ2n) is 6.51. The number of carbonyl (C=O) groups is 1. The van der Waals surface area contributed by atoms with Gasteiger partial charge in [-0.15, -0.1) is 0 Å². The van der Waals surface area contributed by atoms with Gasteiger partial charge in [-0.3, -0.25) is 4.79 Å². The summed E-state index contributed by atoms with van der Waals surface area (Å²) < 4.78 is 32.2. The summed E-state index contributed by atoms with van der Waals surface area (Å²) in [4.78, 5) is 14.7. The SMILES string of the molecule is COc1ccc(S(=O)(=O)N2CCN(C(=O)c3cccc(CSC)c3)CC2)cc1. The molecule has 0 aromatic heterocycles. The van der Waals surface area contributed by atoms with Crippen LogP contribution in [0.2, 0.25) is 0 Å². The lowest BCUT2D eigenvalue weighted by Gasteiger charge is -2.34. The molecule has 28 heavy (non-hydrogen) atoms. The molecule has 3 rings (SSSR count). The molecule has 2 aromatic carbocycles. The van der Waals surface area contributed by atoms with Crippen LogP contribution >= 0.6 is 11.8 Å². The van der Waals surface area contributed by atoms with Crippen LogP contribution in [0.15, 0.2) is 53.4 Å². The minimum Gasteiger partial charge on any atom is -0.497 e. The van der Waals surface area contributed by atoms with Gasteiger partial charge in [0.05, 0.1) is 12.0 Å². The number of sulfonamides is 1. The molecule has 0 N–H and O–H groups in total. The number of amides is 1. The number of ether oxygens (including phenoxy) is 1. The molecule has 1 saturated heterocycles. The van der Waals surface area contributed by atoms with E-state index in [1.165, 1.54) is 11.4 Å². The summed E-state index contributed by atoms with van der Waals surface area (Å²) in [5, 5.41) is 0. The highest BCUT2D eigenvalue weighted by Crippen LogP contribution is 2.21. The zero-order valence-corrected chi connectivity index (χ0v) is 17.6. The summed E-state index contributed by atoms with van der Waals surface area (Å²) in [5.74, 6) is 1.41. The fourth-order valence-electron chi connectivity index (χ4n) is 3.17. The van der Waals surface area contributed by atoms with E-state index < -0.39 is 10.0 Å². The van der Waals surface area contributed by atoms with Gasteiger partial charge in [0.2, 0.25) is 10.0 Å². The van der Waals surface area contributed by atoms with Gasteiger partial charge in [-0.05, 0) is 48.2 Å². The van der Waals surface area contributed by atoms with Gasteiger partial charge >= 0.3 is 0 Å². The summed E-state index contributed by atoms with van der Waals surface area (Å²) >= 11 is 1.71. The Labute approximate surface area is 170 Å². The summed E-state index contributed by atoms with van der Waals surface area (Å²) in [5.41, 5.74) is 1.76. The van der Waals surface area contributed by atoms with E-state index >= 15 is 0 Å². The van der Waals surface area contributed by atoms with Crippen molar-refractivity contribution >= 4 is 27.7 Å². The Morgan fingerprint density at radius 1 is 1.07 bits per heavy atom. The predicted molar refractivity (Wildman–Crippen MR) is 111 cm³/mol. The number of methoxy groups -OCH3 is 1. The number of benzene rings is 2. The van der Waals surface area contributed by atoms with E-state index in [-0.39, 0.29) is 23.9 Å². The van der Waals surface area contributed by atoms with Crippen molar-refractivity contribution < 1.29 is 17.9 Å². The first-order chi connectivity index (χ1) is 13.5. The molecule has 0 saturated carbocycles. The van der Waals surface area contributed by atoms with Gasteiger partial charge in [-0.2, -0.15) is 16.1 Å². The van der Waals surface area contributed by atoms with Crippen molar-refractivity contribution in [1.29, 1.82) is 0 Å². The zero-order valence-electron chi connectivity index (χ0n) is 16.0. The molecule has 6 nitrogen and oxygen atoms in total. The Kier molecular flexibility index (Phi) is 6.64. The standard InChI is InChI=1S/C20H24N2O4S2/c1-26-18-6-8-19(9-7-18)28(24,25)22-12-10-21(11-13-22)20(23)17-5-3-4-16(14-17)15-27-2/h3-9,14H,10-13,15H2,1-2H3. The topological polar surface area (TPSA) is 66.9 Å². The van der Waals surface area contributed by atoms with E-state index in [9.17, 15) is 13.2 Å². The van der Waals surface area contributed by atoms with Gasteiger partial charge in [-0.25, -0.2) is 8.42 Å². The molecule has 0 radical (unpaired) electrons. The van der Waals surface area contributed by atoms with Gasteiger partial charge in [-0.1, -0.05) is 12.1 Å². The maximum Gasteiger partial charge on any atom is 0.253 e. The zero-order chi connectivity index (χ0) is 20.1. The van der Waals surface area contributed by atoms with Crippen LogP contribution < -0.4 is 4.74 Å². The molecule has 1 aliphatic heterocycles. The Bertz CT molecular complexity index is 921. The van der Waals surface area contributed by atoms with Gasteiger partial charge in [0.1, 0.15) is 5.75 Å². The highest BCUT2D eigenvalue weighted by Gasteiger charge is 2.30. The van der Waals surface area contributed by atoms with Crippen molar-refractivity contribution in [1.82, 2.24) is 9.21 Å². The van der Waals surface area contributed by atoms with E-state index in [2.05, 4.69) is 0 Å². The third kappa shape index (κ3) is 4.51. The number of hydrogen-bond acceptors (Lipinski definition) is 5. The normalized spacial score (nSPS) is 15.4. The number of hydrogen-bond donors (Lipinski definition) is 0. The van der Waals surface area contributed by atoms with Crippen LogP contribution in [-0.4, -0.2) is 63.1 Å². The molecule has 150 valence electrons. The molecule has 0 atom stereocenters. The maximum atomic E-state index is 12.8. The molecule has 0 unspecified atom stereocenters. The molecule has 1 aliphatic rings. The molecule has 8 heteroatoms. The van der Waals surface area contributed by atoms with Gasteiger partial charge in [0, 0.05) is 37.5 Å². The van der Waals surface area contributed by atoms with Crippen LogP contribution in [0.1, 0.15) is 15.9 Å². The van der Waals surface area contributed by atoms with E-state index in [1.807, 2.05) is 30.5 Å². The van der Waals surface area contributed by atoms with E-state index in [0.29, 0.717) is 24.4 Å². The maximum absolute atomic E-state index is 12.8. The van der Waals surface area contributed by atoms with Crippen molar-refractivity contribution in [3.05, 3.63) is 59.7 Å². The van der Waals surface area contributed by atoms with Crippen molar-refractivity contribution in [2.45, 2.75) is 10.6 Å². The van der Waals surface area contributed by atoms with Crippen LogP contribution in [0, 0.1) is 0 Å². The van der Waals surface area contributed by atoms with E-state index in [1.54, 1.807) is 40.9 Å². The first-order valence-electron chi connectivity index (χ1n) is 8.97. The molecule has 0 bridgehead atoms. The Balaban J connectivity index is 1.66. The Hall–Kier alpha value is -2.03. The molecule has 0 aliphatic carbocycles. The quantitative estimate of drug-likeness (QED) is 0.719. The molecule has 1 fully saturated rings. The van der Waals surface area contributed by atoms with Gasteiger partial charge in [0.15, 0.2) is 0 Å². The van der Waals surface area contributed by atoms with Crippen LogP contribution in [0.25, 0.3) is 0 Å². The summed E-state index contributed by atoms with van der Waals surface area (Å²) in [6.45, 7) is 1.32. The second-order valence-corrected chi connectivity index (χ2v) is 9.31. The second kappa shape index (κ2) is 8.98. The summed E-state index contributed by atoms with van der Waals surface area (Å²) in [6, 6.07) is 14.0. The fraction of sp³-hybridized carbons (Fsp3) is 0.350. The number of thioether (sulfide) groups is 1. The minimum absolute atomic E-state index is 0.0514. The van der Waals surface area contributed by atoms with Crippen LogP contribution in [0.5, 0.6) is 5.75 Å². The Morgan fingerprint density at radius 2 is 1.75 bits per heavy atom. The number of nitrogens with zero attached hydrogens (tertiary/aromatic N) is 2. The van der Waals surface area contributed by atoms with Gasteiger partial charge in [0.25, 0.3) is 5.91 Å². The molecule has 0 spiro atoms. The molecular formula is C20H24N2O4S2. The highest BCUT2D eigenvalue weighted by molar-refractivity contribution is 7.97. The lowest BCUT2D eigenvalue weighted by atomic mass is 10.1. The van der Waals surface area contributed by atoms with Crippen molar-refractivity contribution in [3.63, 3.8) is 0 Å². The summed E-state index contributed by atoms with van der Waals surface area (Å²) in [6.07, 6.45) is 2.02. The average molecular weight is 421 g/mol. The van der Waals surface area contributed by atoms with Crippen LogP contribution in [0.4, 0.5) is 0 Å². The smallest absolute Gasteiger partial charge is 0.253 e. The van der Waals surface area contributed by atoms with E-state index in [0.717, 1.165) is 11.3 Å². The minimum atomic E-state index is -3.58. The molecule has 1 heterocycles. The number of piperazine rings is 1. The molecule has 2 aromatic rings. The van der Waals surface area contributed by atoms with Crippen molar-refractivity contribution in [2.75, 3.05) is 39.5 Å². The van der Waals surface area contributed by atoms with Gasteiger partial charge < -0.3 is 9.64 Å². The lowest BCUT2D eigenvalue weighted by Crippen LogP contribution is -2.50. The van der Waals surface area contributed by atoms with Crippen molar-refractivity contribution in [2.24, 2.45) is 0 Å². The van der Waals surface area contributed by atoms with Crippen LogP contribution in [0.3, 0.4) is 0 Å². The molecule has 1 amide bonds. The largest absolute Gasteiger partial charge is 0.497 e. The third-order valence-corrected chi connectivity index (χ3v) is 7.24. The lowest BCUT2D eigenvalue weighted by molar-refractivity contribution is 0.0698. The van der Waals surface area contributed by atoms with Crippen molar-refractivity contribution in [3.8, 4) is 5.75 Å². The fourth-order valence-corrected chi connectivity index (χ4v) is 5.11. The first-order valence-corrected chi connectivity index (χ1v) is 11.8. The highest BCUT2D eigenvalue weighted by atomic mass is 32.2.